The summed E-state index contributed by atoms with van der Waals surface area (Å²) < 4.78 is 0. The minimum atomic E-state index is -0.815. The van der Waals surface area contributed by atoms with Crippen LogP contribution in [0, 0.1) is 11.3 Å². The molecule has 104 valence electrons. The second kappa shape index (κ2) is 5.59. The molecule has 1 aliphatic rings. The van der Waals surface area contributed by atoms with Crippen LogP contribution in [0.1, 0.15) is 34.1 Å². The van der Waals surface area contributed by atoms with Crippen molar-refractivity contribution in [3.8, 4) is 0 Å². The van der Waals surface area contributed by atoms with E-state index in [0.717, 1.165) is 6.54 Å². The van der Waals surface area contributed by atoms with Gasteiger partial charge in [0.15, 0.2) is 0 Å². The zero-order valence-electron chi connectivity index (χ0n) is 11.8. The molecule has 0 bridgehead atoms. The third kappa shape index (κ3) is 3.15. The van der Waals surface area contributed by atoms with Gasteiger partial charge in [0.25, 0.3) is 0 Å². The molecule has 18 heavy (non-hydrogen) atoms. The van der Waals surface area contributed by atoms with Crippen molar-refractivity contribution in [2.75, 3.05) is 26.2 Å². The molecule has 0 saturated carbocycles. The van der Waals surface area contributed by atoms with Crippen LogP contribution in [0.15, 0.2) is 0 Å². The van der Waals surface area contributed by atoms with E-state index in [2.05, 4.69) is 13.8 Å². The van der Waals surface area contributed by atoms with Gasteiger partial charge >= 0.3 is 12.0 Å². The maximum absolute atomic E-state index is 12.3. The number of nitrogens with zero attached hydrogens (tertiary/aromatic N) is 2. The molecule has 1 rings (SSSR count). The van der Waals surface area contributed by atoms with Gasteiger partial charge < -0.3 is 14.9 Å². The minimum absolute atomic E-state index is 0.0313. The summed E-state index contributed by atoms with van der Waals surface area (Å²) >= 11 is 0. The van der Waals surface area contributed by atoms with E-state index >= 15 is 0 Å². The quantitative estimate of drug-likeness (QED) is 0.835. The molecule has 5 heteroatoms. The molecule has 1 aliphatic heterocycles. The summed E-state index contributed by atoms with van der Waals surface area (Å²) in [5.41, 5.74) is -0.785. The molecule has 5 nitrogen and oxygen atoms in total. The lowest BCUT2D eigenvalue weighted by atomic mass is 9.90. The molecule has 1 fully saturated rings. The lowest BCUT2D eigenvalue weighted by Gasteiger charge is -2.29. The smallest absolute Gasteiger partial charge is 0.320 e. The minimum Gasteiger partial charge on any atom is -0.481 e. The number of hydrogen-bond acceptors (Lipinski definition) is 2. The second-order valence-electron chi connectivity index (χ2n) is 5.75. The summed E-state index contributed by atoms with van der Waals surface area (Å²) in [6.07, 6.45) is 0.535. The van der Waals surface area contributed by atoms with Crippen molar-refractivity contribution >= 4 is 12.0 Å². The van der Waals surface area contributed by atoms with Crippen molar-refractivity contribution in [3.05, 3.63) is 0 Å². The molecule has 1 N–H and O–H groups in total. The topological polar surface area (TPSA) is 60.9 Å². The molecule has 1 unspecified atom stereocenters. The molecule has 0 aliphatic carbocycles. The summed E-state index contributed by atoms with van der Waals surface area (Å²) in [6, 6.07) is -0.0313. The SMILES string of the molecule is CCN(CC(C)C)C(=O)N1CCC(C)(C(=O)O)C1. The summed E-state index contributed by atoms with van der Waals surface area (Å²) in [6.45, 7) is 10.0. The number of amides is 2. The molecule has 0 aromatic rings. The van der Waals surface area contributed by atoms with Crippen LogP contribution in [0.2, 0.25) is 0 Å². The standard InChI is InChI=1S/C13H24N2O3/c1-5-14(8-10(2)3)12(18)15-7-6-13(4,9-15)11(16)17/h10H,5-9H2,1-4H3,(H,16,17). The number of carboxylic acid groups (broad SMARTS) is 1. The van der Waals surface area contributed by atoms with Crippen LogP contribution in [-0.2, 0) is 4.79 Å². The average molecular weight is 256 g/mol. The maximum atomic E-state index is 12.3. The van der Waals surface area contributed by atoms with E-state index in [0.29, 0.717) is 32.0 Å². The van der Waals surface area contributed by atoms with Gasteiger partial charge in [0.05, 0.1) is 5.41 Å². The van der Waals surface area contributed by atoms with Gasteiger partial charge in [0, 0.05) is 26.2 Å². The highest BCUT2D eigenvalue weighted by Gasteiger charge is 2.42. The predicted molar refractivity (Wildman–Crippen MR) is 69.4 cm³/mol. The number of hydrogen-bond donors (Lipinski definition) is 1. The van der Waals surface area contributed by atoms with E-state index in [1.165, 1.54) is 0 Å². The molecule has 1 atom stereocenters. The first kappa shape index (κ1) is 14.8. The van der Waals surface area contributed by atoms with Gasteiger partial charge in [0.2, 0.25) is 0 Å². The zero-order chi connectivity index (χ0) is 13.9. The summed E-state index contributed by atoms with van der Waals surface area (Å²) in [5.74, 6) is -0.396. The highest BCUT2D eigenvalue weighted by atomic mass is 16.4. The summed E-state index contributed by atoms with van der Waals surface area (Å²) in [7, 11) is 0. The van der Waals surface area contributed by atoms with Gasteiger partial charge in [-0.2, -0.15) is 0 Å². The van der Waals surface area contributed by atoms with Crippen molar-refractivity contribution in [1.29, 1.82) is 0 Å². The Balaban J connectivity index is 2.66. The van der Waals surface area contributed by atoms with Crippen LogP contribution in [0.25, 0.3) is 0 Å². The molecule has 0 radical (unpaired) electrons. The van der Waals surface area contributed by atoms with Crippen LogP contribution >= 0.6 is 0 Å². The number of aliphatic carboxylic acids is 1. The van der Waals surface area contributed by atoms with Gasteiger partial charge in [-0.1, -0.05) is 13.8 Å². The van der Waals surface area contributed by atoms with Gasteiger partial charge in [0.1, 0.15) is 0 Å². The van der Waals surface area contributed by atoms with Crippen LogP contribution in [-0.4, -0.2) is 53.1 Å². The molecule has 0 aromatic carbocycles. The molecule has 0 spiro atoms. The maximum Gasteiger partial charge on any atom is 0.320 e. The number of urea groups is 1. The first-order valence-electron chi connectivity index (χ1n) is 6.57. The molecule has 2 amide bonds. The number of rotatable bonds is 4. The van der Waals surface area contributed by atoms with Gasteiger partial charge in [-0.25, -0.2) is 4.79 Å². The molecule has 1 heterocycles. The number of likely N-dealkylation sites (tertiary alicyclic amines) is 1. The predicted octanol–water partition coefficient (Wildman–Crippen LogP) is 1.88. The van der Waals surface area contributed by atoms with E-state index in [4.69, 9.17) is 5.11 Å². The lowest BCUT2D eigenvalue weighted by molar-refractivity contribution is -0.147. The van der Waals surface area contributed by atoms with Gasteiger partial charge in [-0.05, 0) is 26.2 Å². The van der Waals surface area contributed by atoms with E-state index in [1.807, 2.05) is 6.92 Å². The van der Waals surface area contributed by atoms with Crippen LogP contribution in [0.3, 0.4) is 0 Å². The average Bonchev–Trinajstić information content (AvgIpc) is 2.69. The van der Waals surface area contributed by atoms with Crippen LogP contribution < -0.4 is 0 Å². The fourth-order valence-corrected chi connectivity index (χ4v) is 2.28. The van der Waals surface area contributed by atoms with Crippen LogP contribution in [0.5, 0.6) is 0 Å². The first-order valence-corrected chi connectivity index (χ1v) is 6.57. The summed E-state index contributed by atoms with van der Waals surface area (Å²) in [5, 5.41) is 9.16. The third-order valence-electron chi connectivity index (χ3n) is 3.50. The summed E-state index contributed by atoms with van der Waals surface area (Å²) in [4.78, 5) is 26.9. The van der Waals surface area contributed by atoms with Crippen LogP contribution in [0.4, 0.5) is 4.79 Å². The van der Waals surface area contributed by atoms with Crippen molar-refractivity contribution in [2.45, 2.75) is 34.1 Å². The number of carbonyl (C=O) groups is 2. The number of carbonyl (C=O) groups excluding carboxylic acids is 1. The van der Waals surface area contributed by atoms with E-state index in [9.17, 15) is 9.59 Å². The Morgan fingerprint density at radius 2 is 2.06 bits per heavy atom. The second-order valence-corrected chi connectivity index (χ2v) is 5.75. The highest BCUT2D eigenvalue weighted by molar-refractivity contribution is 5.79. The van der Waals surface area contributed by atoms with E-state index < -0.39 is 11.4 Å². The molecular formula is C13H24N2O3. The normalized spacial score (nSPS) is 23.5. The Morgan fingerprint density at radius 3 is 2.44 bits per heavy atom. The van der Waals surface area contributed by atoms with Gasteiger partial charge in [-0.3, -0.25) is 4.79 Å². The molecule has 1 saturated heterocycles. The zero-order valence-corrected chi connectivity index (χ0v) is 11.8. The monoisotopic (exact) mass is 256 g/mol. The first-order chi connectivity index (χ1) is 8.30. The Hall–Kier alpha value is -1.26. The van der Waals surface area contributed by atoms with Crippen molar-refractivity contribution in [1.82, 2.24) is 9.80 Å². The molecular weight excluding hydrogens is 232 g/mol. The third-order valence-corrected chi connectivity index (χ3v) is 3.50. The van der Waals surface area contributed by atoms with Crippen molar-refractivity contribution in [3.63, 3.8) is 0 Å². The Kier molecular flexibility index (Phi) is 4.59. The Labute approximate surface area is 109 Å². The fraction of sp³-hybridized carbons (Fsp3) is 0.846. The van der Waals surface area contributed by atoms with Crippen molar-refractivity contribution < 1.29 is 14.7 Å². The van der Waals surface area contributed by atoms with E-state index in [1.54, 1.807) is 16.7 Å². The lowest BCUT2D eigenvalue weighted by Crippen LogP contribution is -2.44. The molecule has 0 aromatic heterocycles. The number of carboxylic acids is 1. The Bertz CT molecular complexity index is 330. The van der Waals surface area contributed by atoms with E-state index in [-0.39, 0.29) is 6.03 Å². The largest absolute Gasteiger partial charge is 0.481 e. The Morgan fingerprint density at radius 1 is 1.44 bits per heavy atom. The van der Waals surface area contributed by atoms with Gasteiger partial charge in [-0.15, -0.1) is 0 Å². The van der Waals surface area contributed by atoms with Crippen molar-refractivity contribution in [2.24, 2.45) is 11.3 Å². The highest BCUT2D eigenvalue weighted by Crippen LogP contribution is 2.30. The fourth-order valence-electron chi connectivity index (χ4n) is 2.28.